The average molecular weight is 395 g/mol. The van der Waals surface area contributed by atoms with E-state index in [1.165, 1.54) is 16.0 Å². The zero-order chi connectivity index (χ0) is 19.1. The Kier molecular flexibility index (Phi) is 4.42. The zero-order valence-electron chi connectivity index (χ0n) is 15.6. The van der Waals surface area contributed by atoms with Gasteiger partial charge in [-0.2, -0.15) is 9.50 Å². The van der Waals surface area contributed by atoms with E-state index in [0.29, 0.717) is 12.3 Å². The third-order valence-electron chi connectivity index (χ3n) is 5.24. The Morgan fingerprint density at radius 3 is 2.93 bits per heavy atom. The lowest BCUT2D eigenvalue weighted by Gasteiger charge is -2.27. The molecule has 0 radical (unpaired) electrons. The predicted molar refractivity (Wildman–Crippen MR) is 109 cm³/mol. The fourth-order valence-electron chi connectivity index (χ4n) is 3.86. The van der Waals surface area contributed by atoms with Crippen LogP contribution in [0.2, 0.25) is 0 Å². The van der Waals surface area contributed by atoms with Crippen LogP contribution < -0.4 is 4.90 Å². The first-order chi connectivity index (χ1) is 13.7. The highest BCUT2D eigenvalue weighted by Crippen LogP contribution is 2.39. The summed E-state index contributed by atoms with van der Waals surface area (Å²) in [5.41, 5.74) is 2.67. The van der Waals surface area contributed by atoms with Crippen molar-refractivity contribution >= 4 is 33.1 Å². The van der Waals surface area contributed by atoms with Gasteiger partial charge in [0, 0.05) is 38.1 Å². The van der Waals surface area contributed by atoms with Gasteiger partial charge in [0.15, 0.2) is 0 Å². The van der Waals surface area contributed by atoms with E-state index in [-0.39, 0.29) is 6.61 Å². The minimum Gasteiger partial charge on any atom is -0.395 e. The van der Waals surface area contributed by atoms with E-state index in [4.69, 9.17) is 0 Å². The first-order valence-electron chi connectivity index (χ1n) is 9.35. The number of likely N-dealkylation sites (N-methyl/N-ethyl adjacent to an activating group) is 1. The minimum absolute atomic E-state index is 0.0764. The van der Waals surface area contributed by atoms with Gasteiger partial charge in [-0.25, -0.2) is 0 Å². The molecular formula is C19H21N7OS. The van der Waals surface area contributed by atoms with Crippen LogP contribution in [0.1, 0.15) is 16.0 Å². The summed E-state index contributed by atoms with van der Waals surface area (Å²) >= 11 is 1.75. The van der Waals surface area contributed by atoms with Gasteiger partial charge in [0.1, 0.15) is 10.6 Å². The number of hydrogen-bond acceptors (Lipinski definition) is 8. The summed E-state index contributed by atoms with van der Waals surface area (Å²) in [7, 11) is 1.95. The first-order valence-corrected chi connectivity index (χ1v) is 10.2. The lowest BCUT2D eigenvalue weighted by atomic mass is 10.0. The van der Waals surface area contributed by atoms with Gasteiger partial charge in [-0.1, -0.05) is 35.4 Å². The lowest BCUT2D eigenvalue weighted by molar-refractivity contribution is 0.249. The molecule has 0 bridgehead atoms. The van der Waals surface area contributed by atoms with E-state index in [1.54, 1.807) is 15.9 Å². The number of anilines is 1. The molecule has 1 N–H and O–H groups in total. The maximum Gasteiger partial charge on any atom is 0.276 e. The molecule has 3 aromatic heterocycles. The Morgan fingerprint density at radius 2 is 2.11 bits per heavy atom. The molecule has 8 nitrogen and oxygen atoms in total. The Bertz CT molecular complexity index is 1120. The molecule has 0 saturated heterocycles. The third-order valence-corrected chi connectivity index (χ3v) is 6.43. The summed E-state index contributed by atoms with van der Waals surface area (Å²) in [6.45, 7) is 3.46. The molecule has 144 valence electrons. The van der Waals surface area contributed by atoms with Gasteiger partial charge >= 0.3 is 0 Å². The molecule has 4 heterocycles. The fraction of sp³-hybridized carbons (Fsp3) is 0.368. The fourth-order valence-corrected chi connectivity index (χ4v) is 5.19. The van der Waals surface area contributed by atoms with Crippen LogP contribution in [0, 0.1) is 0 Å². The summed E-state index contributed by atoms with van der Waals surface area (Å²) in [4.78, 5) is 11.5. The van der Waals surface area contributed by atoms with Crippen LogP contribution in [-0.2, 0) is 19.5 Å². The van der Waals surface area contributed by atoms with Gasteiger partial charge < -0.3 is 10.0 Å². The molecule has 0 amide bonds. The number of aliphatic hydroxyl groups excluding tert-OH is 1. The molecule has 28 heavy (non-hydrogen) atoms. The second-order valence-corrected chi connectivity index (χ2v) is 8.19. The molecule has 0 unspecified atom stereocenters. The zero-order valence-corrected chi connectivity index (χ0v) is 16.4. The summed E-state index contributed by atoms with van der Waals surface area (Å²) < 4.78 is 1.73. The highest BCUT2D eigenvalue weighted by Gasteiger charge is 2.26. The van der Waals surface area contributed by atoms with Crippen molar-refractivity contribution in [3.63, 3.8) is 0 Å². The summed E-state index contributed by atoms with van der Waals surface area (Å²) in [5, 5.41) is 22.5. The van der Waals surface area contributed by atoms with Gasteiger partial charge in [-0.05, 0) is 28.0 Å². The van der Waals surface area contributed by atoms with Crippen molar-refractivity contribution < 1.29 is 5.11 Å². The van der Waals surface area contributed by atoms with Crippen LogP contribution >= 0.6 is 11.3 Å². The van der Waals surface area contributed by atoms with Gasteiger partial charge in [0.25, 0.3) is 5.78 Å². The smallest absolute Gasteiger partial charge is 0.276 e. The molecule has 9 heteroatoms. The monoisotopic (exact) mass is 395 g/mol. The van der Waals surface area contributed by atoms with Crippen LogP contribution in [0.4, 0.5) is 5.82 Å². The van der Waals surface area contributed by atoms with Gasteiger partial charge in [-0.3, -0.25) is 4.90 Å². The van der Waals surface area contributed by atoms with Crippen LogP contribution in [0.25, 0.3) is 16.0 Å². The Balaban J connectivity index is 1.57. The Morgan fingerprint density at radius 1 is 1.25 bits per heavy atom. The molecule has 1 aliphatic rings. The first kappa shape index (κ1) is 17.5. The van der Waals surface area contributed by atoms with E-state index in [0.717, 1.165) is 42.1 Å². The van der Waals surface area contributed by atoms with E-state index >= 15 is 0 Å². The van der Waals surface area contributed by atoms with Crippen molar-refractivity contribution in [2.24, 2.45) is 0 Å². The summed E-state index contributed by atoms with van der Waals surface area (Å²) in [5.74, 6) is 1.34. The van der Waals surface area contributed by atoms with Crippen molar-refractivity contribution in [3.05, 3.63) is 46.3 Å². The van der Waals surface area contributed by atoms with E-state index in [9.17, 15) is 5.11 Å². The van der Waals surface area contributed by atoms with Crippen molar-refractivity contribution in [1.29, 1.82) is 0 Å². The number of fused-ring (bicyclic) bond motifs is 5. The van der Waals surface area contributed by atoms with Crippen molar-refractivity contribution in [3.8, 4) is 0 Å². The molecule has 4 aromatic rings. The molecule has 0 aliphatic carbocycles. The predicted octanol–water partition coefficient (Wildman–Crippen LogP) is 1.72. The number of aromatic nitrogens is 5. The van der Waals surface area contributed by atoms with Gasteiger partial charge in [-0.15, -0.1) is 11.3 Å². The number of benzene rings is 1. The minimum atomic E-state index is 0.0764. The molecule has 1 aromatic carbocycles. The second-order valence-electron chi connectivity index (χ2n) is 7.10. The van der Waals surface area contributed by atoms with E-state index < -0.39 is 0 Å². The number of hydrogen-bond donors (Lipinski definition) is 1. The third kappa shape index (κ3) is 2.92. The average Bonchev–Trinajstić information content (AvgIpc) is 3.32. The molecule has 0 atom stereocenters. The number of tetrazole rings is 1. The van der Waals surface area contributed by atoms with Crippen molar-refractivity contribution in [1.82, 2.24) is 29.9 Å². The number of rotatable bonds is 5. The molecule has 1 aliphatic heterocycles. The second kappa shape index (κ2) is 7.08. The van der Waals surface area contributed by atoms with Crippen molar-refractivity contribution in [2.75, 3.05) is 31.6 Å². The van der Waals surface area contributed by atoms with Crippen LogP contribution in [0.3, 0.4) is 0 Å². The molecule has 5 rings (SSSR count). The summed E-state index contributed by atoms with van der Waals surface area (Å²) in [6, 6.07) is 10.6. The largest absolute Gasteiger partial charge is 0.395 e. The molecule has 0 fully saturated rings. The van der Waals surface area contributed by atoms with Crippen LogP contribution in [0.15, 0.2) is 30.3 Å². The van der Waals surface area contributed by atoms with Gasteiger partial charge in [0.05, 0.1) is 12.0 Å². The van der Waals surface area contributed by atoms with Crippen LogP contribution in [0.5, 0.6) is 0 Å². The highest BCUT2D eigenvalue weighted by atomic mass is 32.1. The SMILES string of the molecule is CN(CCO)c1nc2nnnn2c2sc3c(c12)CCN(Cc1ccccc1)C3. The van der Waals surface area contributed by atoms with Gasteiger partial charge in [0.2, 0.25) is 0 Å². The van der Waals surface area contributed by atoms with Crippen LogP contribution in [-0.4, -0.2) is 61.8 Å². The number of thiophene rings is 1. The number of nitrogens with zero attached hydrogens (tertiary/aromatic N) is 7. The molecular weight excluding hydrogens is 374 g/mol. The maximum atomic E-state index is 9.39. The van der Waals surface area contributed by atoms with E-state index in [1.807, 2.05) is 11.9 Å². The Hall–Kier alpha value is -2.62. The maximum absolute atomic E-state index is 9.39. The van der Waals surface area contributed by atoms with Crippen molar-refractivity contribution in [2.45, 2.75) is 19.5 Å². The highest BCUT2D eigenvalue weighted by molar-refractivity contribution is 7.19. The Labute approximate surface area is 166 Å². The number of aliphatic hydroxyl groups is 1. The standard InChI is InChI=1S/C19H21N7OS/c1-24(9-10-27)17-16-14-7-8-25(11-13-5-3-2-4-6-13)12-15(14)28-18(16)26-19(20-17)21-22-23-26/h2-6,27H,7-12H2,1H3. The van der Waals surface area contributed by atoms with E-state index in [2.05, 4.69) is 55.7 Å². The lowest BCUT2D eigenvalue weighted by Crippen LogP contribution is -2.29. The quantitative estimate of drug-likeness (QED) is 0.551. The summed E-state index contributed by atoms with van der Waals surface area (Å²) in [6.07, 6.45) is 0.970. The molecule has 0 saturated carbocycles. The molecule has 0 spiro atoms. The normalized spacial score (nSPS) is 14.6. The topological polar surface area (TPSA) is 82.7 Å².